The average molecular weight is 327 g/mol. The van der Waals surface area contributed by atoms with E-state index >= 15 is 0 Å². The summed E-state index contributed by atoms with van der Waals surface area (Å²) in [6.07, 6.45) is 4.03. The van der Waals surface area contributed by atoms with Crippen molar-refractivity contribution >= 4 is 5.97 Å². The highest BCUT2D eigenvalue weighted by molar-refractivity contribution is 5.78. The van der Waals surface area contributed by atoms with Gasteiger partial charge in [-0.3, -0.25) is 4.79 Å². The highest BCUT2D eigenvalue weighted by atomic mass is 16.6. The predicted molar refractivity (Wildman–Crippen MR) is 100 cm³/mol. The lowest BCUT2D eigenvalue weighted by Crippen LogP contribution is -2.47. The van der Waals surface area contributed by atoms with E-state index in [-0.39, 0.29) is 16.8 Å². The van der Waals surface area contributed by atoms with Crippen LogP contribution < -0.4 is 0 Å². The van der Waals surface area contributed by atoms with Crippen molar-refractivity contribution in [3.8, 4) is 0 Å². The minimum Gasteiger partial charge on any atom is -0.459 e. The summed E-state index contributed by atoms with van der Waals surface area (Å²) >= 11 is 0. The molecule has 0 aromatic heterocycles. The molecule has 0 radical (unpaired) electrons. The molecule has 0 aliphatic rings. The monoisotopic (exact) mass is 326 g/mol. The second-order valence-corrected chi connectivity index (χ2v) is 10.8. The molecular weight excluding hydrogens is 284 g/mol. The second-order valence-electron chi connectivity index (χ2n) is 10.8. The molecule has 0 aliphatic heterocycles. The van der Waals surface area contributed by atoms with Crippen molar-refractivity contribution in [1.29, 1.82) is 0 Å². The minimum absolute atomic E-state index is 0.0468. The maximum atomic E-state index is 13.1. The van der Waals surface area contributed by atoms with Crippen LogP contribution in [0.1, 0.15) is 102 Å². The van der Waals surface area contributed by atoms with E-state index in [1.165, 1.54) is 6.42 Å². The van der Waals surface area contributed by atoms with Crippen molar-refractivity contribution in [3.63, 3.8) is 0 Å². The van der Waals surface area contributed by atoms with E-state index in [4.69, 9.17) is 4.74 Å². The summed E-state index contributed by atoms with van der Waals surface area (Å²) < 4.78 is 6.02. The van der Waals surface area contributed by atoms with Crippen LogP contribution in [0, 0.1) is 22.2 Å². The molecule has 0 saturated carbocycles. The Balaban J connectivity index is 5.11. The van der Waals surface area contributed by atoms with Crippen LogP contribution in [-0.4, -0.2) is 11.6 Å². The summed E-state index contributed by atoms with van der Waals surface area (Å²) in [7, 11) is 0. The molecule has 0 amide bonds. The second kappa shape index (κ2) is 7.57. The van der Waals surface area contributed by atoms with Gasteiger partial charge >= 0.3 is 5.97 Å². The third-order valence-electron chi connectivity index (χ3n) is 4.92. The summed E-state index contributed by atoms with van der Waals surface area (Å²) in [5.41, 5.74) is -0.925. The first kappa shape index (κ1) is 22.5. The summed E-state index contributed by atoms with van der Waals surface area (Å²) in [6.45, 7) is 23.6. The van der Waals surface area contributed by atoms with Crippen molar-refractivity contribution in [3.05, 3.63) is 0 Å². The highest BCUT2D eigenvalue weighted by Gasteiger charge is 2.48. The molecule has 0 aliphatic carbocycles. The third kappa shape index (κ3) is 7.72. The smallest absolute Gasteiger partial charge is 0.312 e. The average Bonchev–Trinajstić information content (AvgIpc) is 2.22. The Hall–Kier alpha value is -0.530. The molecule has 0 N–H and O–H groups in total. The Morgan fingerprint density at radius 3 is 1.74 bits per heavy atom. The van der Waals surface area contributed by atoms with Crippen molar-refractivity contribution in [1.82, 2.24) is 0 Å². The van der Waals surface area contributed by atoms with Gasteiger partial charge in [-0.15, -0.1) is 0 Å². The van der Waals surface area contributed by atoms with E-state index < -0.39 is 11.0 Å². The quantitative estimate of drug-likeness (QED) is 0.491. The van der Waals surface area contributed by atoms with E-state index in [9.17, 15) is 4.79 Å². The van der Waals surface area contributed by atoms with Gasteiger partial charge in [-0.2, -0.15) is 0 Å². The van der Waals surface area contributed by atoms with Gasteiger partial charge in [0.2, 0.25) is 0 Å². The molecule has 0 saturated heterocycles. The predicted octanol–water partition coefficient (Wildman–Crippen LogP) is 6.62. The number of hydrogen-bond acceptors (Lipinski definition) is 2. The number of ether oxygens (including phenoxy) is 1. The first-order chi connectivity index (χ1) is 10.0. The van der Waals surface area contributed by atoms with Gasteiger partial charge in [0, 0.05) is 0 Å². The fourth-order valence-corrected chi connectivity index (χ4v) is 3.05. The van der Waals surface area contributed by atoms with Gasteiger partial charge < -0.3 is 4.74 Å². The molecule has 0 fully saturated rings. The van der Waals surface area contributed by atoms with E-state index in [0.29, 0.717) is 5.92 Å². The van der Waals surface area contributed by atoms with Crippen molar-refractivity contribution < 1.29 is 9.53 Å². The molecular formula is C21H42O2. The van der Waals surface area contributed by atoms with Gasteiger partial charge in [0.05, 0.1) is 5.41 Å². The number of rotatable bonds is 7. The van der Waals surface area contributed by atoms with Crippen LogP contribution in [0.2, 0.25) is 0 Å². The van der Waals surface area contributed by atoms with Crippen LogP contribution in [0.5, 0.6) is 0 Å². The standard InChI is InChI=1S/C21H42O2/c1-16(2)13-12-14-20(9,10)23-17(22)21(11,19(6,7)8)15-18(3,4)5/h16H,12-15H2,1-11H3. The minimum atomic E-state index is -0.486. The first-order valence-corrected chi connectivity index (χ1v) is 9.24. The lowest BCUT2D eigenvalue weighted by Gasteiger charge is -2.45. The molecule has 0 bridgehead atoms. The number of carbonyl (C=O) groups excluding carboxylic acids is 1. The number of hydrogen-bond donors (Lipinski definition) is 0. The van der Waals surface area contributed by atoms with Gasteiger partial charge in [0.25, 0.3) is 0 Å². The zero-order valence-electron chi connectivity index (χ0n) is 17.7. The summed E-state index contributed by atoms with van der Waals surface area (Å²) in [4.78, 5) is 13.1. The fourth-order valence-electron chi connectivity index (χ4n) is 3.05. The van der Waals surface area contributed by atoms with Gasteiger partial charge in [0.1, 0.15) is 5.60 Å². The maximum absolute atomic E-state index is 13.1. The molecule has 2 heteroatoms. The summed E-state index contributed by atoms with van der Waals surface area (Å²) in [5, 5.41) is 0. The Morgan fingerprint density at radius 1 is 0.913 bits per heavy atom. The molecule has 0 rings (SSSR count). The van der Waals surface area contributed by atoms with E-state index in [1.54, 1.807) is 0 Å². The molecule has 0 heterocycles. The molecule has 2 nitrogen and oxygen atoms in total. The Morgan fingerprint density at radius 2 is 1.39 bits per heavy atom. The van der Waals surface area contributed by atoms with Gasteiger partial charge in [0.15, 0.2) is 0 Å². The van der Waals surface area contributed by atoms with Crippen molar-refractivity contribution in [2.45, 2.75) is 107 Å². The largest absolute Gasteiger partial charge is 0.459 e. The normalized spacial score (nSPS) is 16.3. The first-order valence-electron chi connectivity index (χ1n) is 9.24. The van der Waals surface area contributed by atoms with Gasteiger partial charge in [-0.05, 0) is 56.8 Å². The van der Waals surface area contributed by atoms with Crippen LogP contribution in [0.4, 0.5) is 0 Å². The number of carbonyl (C=O) groups is 1. The topological polar surface area (TPSA) is 26.3 Å². The fraction of sp³-hybridized carbons (Fsp3) is 0.952. The SMILES string of the molecule is CC(C)CCCC(C)(C)OC(=O)C(C)(CC(C)(C)C)C(C)(C)C. The van der Waals surface area contributed by atoms with Crippen LogP contribution >= 0.6 is 0 Å². The molecule has 1 atom stereocenters. The lowest BCUT2D eigenvalue weighted by atomic mass is 9.61. The van der Waals surface area contributed by atoms with E-state index in [2.05, 4.69) is 62.3 Å². The molecule has 23 heavy (non-hydrogen) atoms. The maximum Gasteiger partial charge on any atom is 0.312 e. The molecule has 1 unspecified atom stereocenters. The summed E-state index contributed by atoms with van der Waals surface area (Å²) in [5.74, 6) is 0.650. The Labute approximate surface area is 145 Å². The Bertz CT molecular complexity index is 380. The lowest BCUT2D eigenvalue weighted by molar-refractivity contribution is -0.178. The molecule has 0 aromatic rings. The van der Waals surface area contributed by atoms with E-state index in [1.807, 2.05) is 13.8 Å². The van der Waals surface area contributed by atoms with Gasteiger partial charge in [-0.25, -0.2) is 0 Å². The van der Waals surface area contributed by atoms with Crippen LogP contribution in [0.15, 0.2) is 0 Å². The molecule has 138 valence electrons. The zero-order chi connectivity index (χ0) is 18.7. The van der Waals surface area contributed by atoms with Gasteiger partial charge in [-0.1, -0.05) is 61.8 Å². The molecule has 0 spiro atoms. The Kier molecular flexibility index (Phi) is 7.40. The molecule has 0 aromatic carbocycles. The summed E-state index contributed by atoms with van der Waals surface area (Å²) in [6, 6.07) is 0. The highest BCUT2D eigenvalue weighted by Crippen LogP contribution is 2.48. The number of esters is 1. The van der Waals surface area contributed by atoms with Crippen LogP contribution in [0.3, 0.4) is 0 Å². The van der Waals surface area contributed by atoms with Crippen LogP contribution in [-0.2, 0) is 9.53 Å². The van der Waals surface area contributed by atoms with Crippen LogP contribution in [0.25, 0.3) is 0 Å². The van der Waals surface area contributed by atoms with E-state index in [0.717, 1.165) is 19.3 Å². The van der Waals surface area contributed by atoms with Crippen molar-refractivity contribution in [2.75, 3.05) is 0 Å². The zero-order valence-corrected chi connectivity index (χ0v) is 17.7. The van der Waals surface area contributed by atoms with Crippen molar-refractivity contribution in [2.24, 2.45) is 22.2 Å². The third-order valence-corrected chi connectivity index (χ3v) is 4.92.